The number of ether oxygens (including phenoxy) is 1. The van der Waals surface area contributed by atoms with Crippen LogP contribution < -0.4 is 21.7 Å². The number of anilines is 1. The van der Waals surface area contributed by atoms with Crippen molar-refractivity contribution >= 4 is 23.6 Å². The molecule has 0 aliphatic carbocycles. The van der Waals surface area contributed by atoms with Crippen LogP contribution in [0.4, 0.5) is 10.5 Å². The summed E-state index contributed by atoms with van der Waals surface area (Å²) in [6.45, 7) is 11.2. The number of amides is 3. The van der Waals surface area contributed by atoms with Gasteiger partial charge in [-0.1, -0.05) is 26.0 Å². The predicted octanol–water partition coefficient (Wildman–Crippen LogP) is 2.18. The van der Waals surface area contributed by atoms with Gasteiger partial charge in [-0.3, -0.25) is 9.59 Å². The topological polar surface area (TPSA) is 123 Å². The zero-order valence-electron chi connectivity index (χ0n) is 18.2. The van der Waals surface area contributed by atoms with E-state index >= 15 is 0 Å². The van der Waals surface area contributed by atoms with E-state index in [0.717, 1.165) is 5.56 Å². The van der Waals surface area contributed by atoms with Crippen molar-refractivity contribution < 1.29 is 19.1 Å². The average Bonchev–Trinajstić information content (AvgIpc) is 2.60. The molecule has 0 saturated heterocycles. The summed E-state index contributed by atoms with van der Waals surface area (Å²) in [6.07, 6.45) is 0.183. The van der Waals surface area contributed by atoms with E-state index in [1.165, 1.54) is 0 Å². The Bertz CT molecular complexity index is 696. The van der Waals surface area contributed by atoms with E-state index in [4.69, 9.17) is 10.5 Å². The van der Waals surface area contributed by atoms with Crippen LogP contribution in [0.15, 0.2) is 24.3 Å². The molecule has 8 nitrogen and oxygen atoms in total. The Labute approximate surface area is 172 Å². The molecule has 0 aromatic heterocycles. The first-order valence-corrected chi connectivity index (χ1v) is 9.81. The highest BCUT2D eigenvalue weighted by atomic mass is 16.6. The lowest BCUT2D eigenvalue weighted by molar-refractivity contribution is -0.127. The molecule has 0 fully saturated rings. The van der Waals surface area contributed by atoms with Crippen molar-refractivity contribution in [1.29, 1.82) is 0 Å². The van der Waals surface area contributed by atoms with Crippen LogP contribution in [0.2, 0.25) is 0 Å². The largest absolute Gasteiger partial charge is 0.444 e. The molecule has 1 aromatic carbocycles. The molecule has 0 aliphatic rings. The summed E-state index contributed by atoms with van der Waals surface area (Å²) in [5.41, 5.74) is 6.88. The molecular formula is C21H34N4O4. The van der Waals surface area contributed by atoms with Crippen LogP contribution >= 0.6 is 0 Å². The van der Waals surface area contributed by atoms with Crippen LogP contribution in [0.1, 0.15) is 47.1 Å². The lowest BCUT2D eigenvalue weighted by atomic mass is 10.0. The molecule has 0 saturated carbocycles. The molecule has 162 valence electrons. The SMILES string of the molecule is CC(C)[C@H](N)C(=O)N[C@@H](C)C(=O)Nc1ccc(CCNC(=O)OC(C)(C)C)cc1. The minimum atomic E-state index is -0.704. The zero-order valence-corrected chi connectivity index (χ0v) is 18.2. The minimum Gasteiger partial charge on any atom is -0.444 e. The number of alkyl carbamates (subject to hydrolysis) is 1. The van der Waals surface area contributed by atoms with Crippen molar-refractivity contribution in [3.05, 3.63) is 29.8 Å². The van der Waals surface area contributed by atoms with Crippen LogP contribution in [0.5, 0.6) is 0 Å². The van der Waals surface area contributed by atoms with Gasteiger partial charge in [-0.15, -0.1) is 0 Å². The predicted molar refractivity (Wildman–Crippen MR) is 113 cm³/mol. The second kappa shape index (κ2) is 10.8. The summed E-state index contributed by atoms with van der Waals surface area (Å²) in [5.74, 6) is -0.688. The number of nitrogens with two attached hydrogens (primary N) is 1. The molecular weight excluding hydrogens is 372 g/mol. The molecule has 0 heterocycles. The Hall–Kier alpha value is -2.61. The Morgan fingerprint density at radius 2 is 1.62 bits per heavy atom. The van der Waals surface area contributed by atoms with E-state index in [1.54, 1.807) is 19.1 Å². The van der Waals surface area contributed by atoms with E-state index in [9.17, 15) is 14.4 Å². The van der Waals surface area contributed by atoms with Gasteiger partial charge in [0.2, 0.25) is 11.8 Å². The van der Waals surface area contributed by atoms with Gasteiger partial charge in [0, 0.05) is 12.2 Å². The normalized spacial score (nSPS) is 13.4. The summed E-state index contributed by atoms with van der Waals surface area (Å²) in [5, 5.41) is 8.08. The zero-order chi connectivity index (χ0) is 22.2. The first-order chi connectivity index (χ1) is 13.4. The second-order valence-corrected chi connectivity index (χ2v) is 8.36. The third-order valence-corrected chi connectivity index (χ3v) is 4.08. The fourth-order valence-corrected chi connectivity index (χ4v) is 2.31. The highest BCUT2D eigenvalue weighted by Gasteiger charge is 2.22. The summed E-state index contributed by atoms with van der Waals surface area (Å²) in [7, 11) is 0. The van der Waals surface area contributed by atoms with E-state index in [2.05, 4.69) is 16.0 Å². The molecule has 29 heavy (non-hydrogen) atoms. The quantitative estimate of drug-likeness (QED) is 0.527. The third kappa shape index (κ3) is 9.43. The maximum Gasteiger partial charge on any atom is 0.407 e. The summed E-state index contributed by atoms with van der Waals surface area (Å²) in [6, 6.07) is 5.92. The maximum absolute atomic E-state index is 12.3. The Morgan fingerprint density at radius 1 is 1.03 bits per heavy atom. The van der Waals surface area contributed by atoms with Crippen molar-refractivity contribution in [2.75, 3.05) is 11.9 Å². The van der Waals surface area contributed by atoms with Crippen LogP contribution in [0, 0.1) is 5.92 Å². The Kier molecular flexibility index (Phi) is 9.10. The Morgan fingerprint density at radius 3 is 2.14 bits per heavy atom. The molecule has 2 atom stereocenters. The monoisotopic (exact) mass is 406 g/mol. The smallest absolute Gasteiger partial charge is 0.407 e. The standard InChI is InChI=1S/C21H34N4O4/c1-13(2)17(22)19(27)24-14(3)18(26)25-16-9-7-15(8-10-16)11-12-23-20(28)29-21(4,5)6/h7-10,13-14,17H,11-12,22H2,1-6H3,(H,23,28)(H,24,27)(H,25,26)/t14-,17-/m0/s1. The lowest BCUT2D eigenvalue weighted by Crippen LogP contribution is -2.50. The minimum absolute atomic E-state index is 0.0115. The van der Waals surface area contributed by atoms with Gasteiger partial charge < -0.3 is 26.4 Å². The van der Waals surface area contributed by atoms with Crippen molar-refractivity contribution in [1.82, 2.24) is 10.6 Å². The number of carbonyl (C=O) groups is 3. The van der Waals surface area contributed by atoms with Crippen molar-refractivity contribution in [2.45, 2.75) is 65.6 Å². The number of hydrogen-bond donors (Lipinski definition) is 4. The average molecular weight is 407 g/mol. The number of benzene rings is 1. The van der Waals surface area contributed by atoms with Gasteiger partial charge in [0.25, 0.3) is 0 Å². The first-order valence-electron chi connectivity index (χ1n) is 9.81. The lowest BCUT2D eigenvalue weighted by Gasteiger charge is -2.19. The van der Waals surface area contributed by atoms with Gasteiger partial charge >= 0.3 is 6.09 Å². The third-order valence-electron chi connectivity index (χ3n) is 4.08. The number of carbonyl (C=O) groups excluding carboxylic acids is 3. The molecule has 1 rings (SSSR count). The van der Waals surface area contributed by atoms with E-state index < -0.39 is 23.8 Å². The molecule has 8 heteroatoms. The van der Waals surface area contributed by atoms with E-state index in [-0.39, 0.29) is 17.7 Å². The van der Waals surface area contributed by atoms with Gasteiger partial charge in [-0.05, 0) is 57.7 Å². The first kappa shape index (κ1) is 24.4. The number of hydrogen-bond acceptors (Lipinski definition) is 5. The molecule has 0 unspecified atom stereocenters. The molecule has 0 aliphatic heterocycles. The fraction of sp³-hybridized carbons (Fsp3) is 0.571. The molecule has 3 amide bonds. The Balaban J connectivity index is 2.46. The van der Waals surface area contributed by atoms with Crippen LogP contribution in [-0.4, -0.2) is 42.1 Å². The maximum atomic E-state index is 12.3. The van der Waals surface area contributed by atoms with Crippen molar-refractivity contribution in [3.63, 3.8) is 0 Å². The van der Waals surface area contributed by atoms with Crippen molar-refractivity contribution in [2.24, 2.45) is 11.7 Å². The molecule has 0 spiro atoms. The highest BCUT2D eigenvalue weighted by Crippen LogP contribution is 2.11. The van der Waals surface area contributed by atoms with Crippen LogP contribution in [0.3, 0.4) is 0 Å². The highest BCUT2D eigenvalue weighted by molar-refractivity contribution is 5.97. The van der Waals surface area contributed by atoms with E-state index in [0.29, 0.717) is 18.7 Å². The van der Waals surface area contributed by atoms with Gasteiger partial charge in [-0.25, -0.2) is 4.79 Å². The number of rotatable bonds is 8. The van der Waals surface area contributed by atoms with Gasteiger partial charge in [-0.2, -0.15) is 0 Å². The van der Waals surface area contributed by atoms with Crippen LogP contribution in [0.25, 0.3) is 0 Å². The summed E-state index contributed by atoms with van der Waals surface area (Å²) in [4.78, 5) is 35.8. The van der Waals surface area contributed by atoms with Crippen LogP contribution in [-0.2, 0) is 20.7 Å². The van der Waals surface area contributed by atoms with E-state index in [1.807, 2.05) is 46.8 Å². The molecule has 0 radical (unpaired) electrons. The summed E-state index contributed by atoms with van der Waals surface area (Å²) >= 11 is 0. The van der Waals surface area contributed by atoms with Gasteiger partial charge in [0.15, 0.2) is 0 Å². The summed E-state index contributed by atoms with van der Waals surface area (Å²) < 4.78 is 5.18. The molecule has 1 aromatic rings. The van der Waals surface area contributed by atoms with Gasteiger partial charge in [0.05, 0.1) is 6.04 Å². The second-order valence-electron chi connectivity index (χ2n) is 8.36. The van der Waals surface area contributed by atoms with Gasteiger partial charge in [0.1, 0.15) is 11.6 Å². The van der Waals surface area contributed by atoms with Crippen molar-refractivity contribution in [3.8, 4) is 0 Å². The number of nitrogens with one attached hydrogen (secondary N) is 3. The molecule has 0 bridgehead atoms. The molecule has 5 N–H and O–H groups in total. The fourth-order valence-electron chi connectivity index (χ4n) is 2.31.